The van der Waals surface area contributed by atoms with Crippen LogP contribution >= 0.6 is 0 Å². The Kier molecular flexibility index (Phi) is 11.1. The summed E-state index contributed by atoms with van der Waals surface area (Å²) in [6, 6.07) is 20.4. The molecule has 0 radical (unpaired) electrons. The predicted octanol–water partition coefficient (Wildman–Crippen LogP) is 10.6. The van der Waals surface area contributed by atoms with Crippen molar-refractivity contribution in [2.75, 3.05) is 21.3 Å². The van der Waals surface area contributed by atoms with Crippen LogP contribution in [-0.2, 0) is 0 Å². The molecule has 0 aliphatic carbocycles. The number of nitrogens with zero attached hydrogens (tertiary/aromatic N) is 3. The van der Waals surface area contributed by atoms with Gasteiger partial charge in [0.05, 0.1) is 38.3 Å². The fraction of sp³-hybridized carbons (Fsp3) is 0.250. The van der Waals surface area contributed by atoms with E-state index in [1.54, 1.807) is 12.1 Å². The number of hydrogen-bond donors (Lipinski definition) is 0. The highest BCUT2D eigenvalue weighted by molar-refractivity contribution is 6.49. The molecule has 3 aromatic carbocycles. The quantitative estimate of drug-likeness (QED) is 0.0872. The fourth-order valence-corrected chi connectivity index (χ4v) is 8.13. The van der Waals surface area contributed by atoms with Crippen molar-refractivity contribution in [2.45, 2.75) is 47.6 Å². The van der Waals surface area contributed by atoms with Crippen molar-refractivity contribution >= 4 is 29.7 Å². The average molecular weight is 997 g/mol. The molecule has 3 aliphatic heterocycles. The number of fused-ring (bicyclic) bond motifs is 1. The lowest BCUT2D eigenvalue weighted by Crippen LogP contribution is -2.74. The third-order valence-corrected chi connectivity index (χ3v) is 11.7. The van der Waals surface area contributed by atoms with Crippen LogP contribution in [0.3, 0.4) is 0 Å². The molecule has 2 aromatic heterocycles. The summed E-state index contributed by atoms with van der Waals surface area (Å²) in [5.41, 5.74) is -6.99. The van der Waals surface area contributed by atoms with Gasteiger partial charge in [0.1, 0.15) is 17.2 Å². The molecular formula is C44H26BF18N3O3. The Balaban J connectivity index is 1.47. The highest BCUT2D eigenvalue weighted by Gasteiger charge is 2.95. The van der Waals surface area contributed by atoms with E-state index in [1.807, 2.05) is 0 Å². The van der Waals surface area contributed by atoms with E-state index in [1.165, 1.54) is 75.9 Å². The molecule has 0 N–H and O–H groups in total. The molecule has 6 nitrogen and oxygen atoms in total. The van der Waals surface area contributed by atoms with Crippen LogP contribution in [0.5, 0.6) is 17.2 Å². The normalized spacial score (nSPS) is 15.9. The molecule has 0 spiro atoms. The van der Waals surface area contributed by atoms with Crippen molar-refractivity contribution in [1.29, 1.82) is 0 Å². The molecular weight excluding hydrogens is 971 g/mol. The number of ether oxygens (including phenoxy) is 3. The summed E-state index contributed by atoms with van der Waals surface area (Å²) in [7, 11) is 1.35. The molecule has 5 heterocycles. The second-order valence-electron chi connectivity index (χ2n) is 15.5. The van der Waals surface area contributed by atoms with Crippen LogP contribution in [-0.4, -0.2) is 90.9 Å². The highest BCUT2D eigenvalue weighted by atomic mass is 19.4. The molecule has 5 aromatic rings. The first-order valence-electron chi connectivity index (χ1n) is 19.5. The third kappa shape index (κ3) is 6.63. The van der Waals surface area contributed by atoms with Crippen LogP contribution in [0.4, 0.5) is 79.0 Å². The van der Waals surface area contributed by atoms with Gasteiger partial charge in [-0.1, -0.05) is 36.4 Å². The minimum Gasteiger partial charge on any atom is -0.497 e. The van der Waals surface area contributed by atoms with Gasteiger partial charge in [0, 0.05) is 38.8 Å². The smallest absolute Gasteiger partial charge is 0.497 e. The molecule has 8 rings (SSSR count). The van der Waals surface area contributed by atoms with E-state index >= 15 is 39.4 Å². The van der Waals surface area contributed by atoms with Crippen LogP contribution in [0.1, 0.15) is 28.1 Å². The van der Waals surface area contributed by atoms with E-state index in [0.717, 1.165) is 39.3 Å². The summed E-state index contributed by atoms with van der Waals surface area (Å²) < 4.78 is 287. The molecule has 364 valence electrons. The Bertz CT molecular complexity index is 3100. The van der Waals surface area contributed by atoms with E-state index in [9.17, 15) is 39.5 Å². The zero-order valence-corrected chi connectivity index (χ0v) is 34.8. The Morgan fingerprint density at radius 2 is 0.783 bits per heavy atom. The van der Waals surface area contributed by atoms with Crippen molar-refractivity contribution in [1.82, 2.24) is 8.96 Å². The number of rotatable bonds is 13. The third-order valence-electron chi connectivity index (χ3n) is 11.7. The highest BCUT2D eigenvalue weighted by Crippen LogP contribution is 2.65. The Labute approximate surface area is 375 Å². The molecule has 0 fully saturated rings. The lowest BCUT2D eigenvalue weighted by atomic mass is 9.85. The first kappa shape index (κ1) is 48.8. The van der Waals surface area contributed by atoms with Gasteiger partial charge in [-0.05, 0) is 83.4 Å². The summed E-state index contributed by atoms with van der Waals surface area (Å²) >= 11 is 0. The molecule has 3 aliphatic rings. The van der Waals surface area contributed by atoms with Crippen molar-refractivity contribution in [2.24, 2.45) is 4.99 Å². The predicted molar refractivity (Wildman–Crippen MR) is 211 cm³/mol. The topological polar surface area (TPSA) is 49.9 Å². The van der Waals surface area contributed by atoms with Gasteiger partial charge in [0.2, 0.25) is 0 Å². The van der Waals surface area contributed by atoms with E-state index in [0.29, 0.717) is 11.3 Å². The van der Waals surface area contributed by atoms with Crippen LogP contribution in [0, 0.1) is 0 Å². The maximum absolute atomic E-state index is 17.8. The Morgan fingerprint density at radius 1 is 0.420 bits per heavy atom. The van der Waals surface area contributed by atoms with Crippen molar-refractivity contribution in [3.63, 3.8) is 0 Å². The molecule has 0 atom stereocenters. The zero-order valence-electron chi connectivity index (χ0n) is 34.8. The summed E-state index contributed by atoms with van der Waals surface area (Å²) in [6.45, 7) is 0. The van der Waals surface area contributed by atoms with E-state index < -0.39 is 94.3 Å². The maximum Gasteiger partial charge on any atom is 0.597 e. The Hall–Kier alpha value is -6.69. The largest absolute Gasteiger partial charge is 0.597 e. The van der Waals surface area contributed by atoms with Gasteiger partial charge < -0.3 is 23.2 Å². The van der Waals surface area contributed by atoms with Gasteiger partial charge in [-0.2, -0.15) is 74.6 Å². The number of halogens is 18. The fourth-order valence-electron chi connectivity index (χ4n) is 8.13. The van der Waals surface area contributed by atoms with Gasteiger partial charge in [0.25, 0.3) is 0 Å². The number of aliphatic imine (C=N–C) groups is 1. The molecule has 0 saturated carbocycles. The standard InChI is InChI=1S/C44H26BF18N3O3/c1-67-24-10-4-21(5-11-24)33-28-20-27(37(46,47)38(48,49)39(50,51)40(52,53)41(54,55)42(56,57)43(58,59)44(60,61)62)36(64-28)35(23-8-14-26(69-3)15-9-23)32-19-18-31-34(22-6-12-25(68-2)13-7-22)30-17-16-29(33)65(30)45(63)66(31)32/h4-20H,1-3H3. The van der Waals surface area contributed by atoms with E-state index in [4.69, 9.17) is 14.2 Å². The molecule has 25 heteroatoms. The summed E-state index contributed by atoms with van der Waals surface area (Å²) in [5, 5.41) is -0.223. The molecule has 0 amide bonds. The van der Waals surface area contributed by atoms with Crippen LogP contribution in [0.25, 0.3) is 16.7 Å². The molecule has 69 heavy (non-hydrogen) atoms. The van der Waals surface area contributed by atoms with Crippen LogP contribution < -0.4 is 24.9 Å². The van der Waals surface area contributed by atoms with Gasteiger partial charge in [-0.3, -0.25) is 4.32 Å². The second-order valence-corrected chi connectivity index (χ2v) is 15.5. The van der Waals surface area contributed by atoms with Crippen LogP contribution in [0.15, 0.2) is 119 Å². The number of benzene rings is 3. The van der Waals surface area contributed by atoms with Crippen molar-refractivity contribution in [3.8, 4) is 17.2 Å². The second kappa shape index (κ2) is 15.7. The maximum atomic E-state index is 17.8. The molecule has 0 saturated heterocycles. The van der Waals surface area contributed by atoms with Crippen LogP contribution in [0.2, 0.25) is 0 Å². The lowest BCUT2D eigenvalue weighted by Gasteiger charge is -2.43. The summed E-state index contributed by atoms with van der Waals surface area (Å²) in [4.78, 5) is 4.13. The minimum absolute atomic E-state index is 0.0376. The van der Waals surface area contributed by atoms with Gasteiger partial charge >= 0.3 is 54.9 Å². The zero-order chi connectivity index (χ0) is 50.8. The number of aromatic nitrogens is 2. The number of alkyl halides is 17. The number of methoxy groups -OCH3 is 3. The average Bonchev–Trinajstić information content (AvgIpc) is 4.05. The van der Waals surface area contributed by atoms with Gasteiger partial charge in [-0.25, -0.2) is 4.99 Å². The number of allylic oxidation sites excluding steroid dienone is 2. The number of hydrogen-bond acceptors (Lipinski definition) is 4. The van der Waals surface area contributed by atoms with Gasteiger partial charge in [-0.15, -0.1) is 0 Å². The lowest BCUT2D eigenvalue weighted by molar-refractivity contribution is -0.460. The van der Waals surface area contributed by atoms with Crippen molar-refractivity contribution in [3.05, 3.63) is 153 Å². The first-order valence-corrected chi connectivity index (χ1v) is 19.5. The summed E-state index contributed by atoms with van der Waals surface area (Å²) in [6.07, 6.45) is -7.99. The molecule has 0 unspecified atom stereocenters. The van der Waals surface area contributed by atoms with E-state index in [-0.39, 0.29) is 45.1 Å². The SMILES string of the molecule is COc1ccc(C2=C3N=C(C=C3C(F)(F)C(F)(F)C(F)(F)C(F)(F)C(F)(F)C(F)(F)C(F)(F)C(F)(F)F)C(c3ccc(OC)cc3)=c3ccc4n3B(F)n3c2ccc3C=4c2ccc(OC)cc2)cc1. The Morgan fingerprint density at radius 3 is 1.20 bits per heavy atom. The first-order chi connectivity index (χ1) is 32.0. The van der Waals surface area contributed by atoms with Crippen molar-refractivity contribution < 1.29 is 93.2 Å². The summed E-state index contributed by atoms with van der Waals surface area (Å²) in [5.74, 6) is -58.0. The molecule has 4 bridgehead atoms. The minimum atomic E-state index is -8.85. The van der Waals surface area contributed by atoms with Gasteiger partial charge in [0.15, 0.2) is 0 Å². The van der Waals surface area contributed by atoms with E-state index in [2.05, 4.69) is 4.99 Å². The monoisotopic (exact) mass is 997 g/mol.